The van der Waals surface area contributed by atoms with Gasteiger partial charge < -0.3 is 42.9 Å². The quantitative estimate of drug-likeness (QED) is 0.164. The maximum absolute atomic E-state index is 6.52. The third kappa shape index (κ3) is 5.20. The summed E-state index contributed by atoms with van der Waals surface area (Å²) in [5, 5.41) is 2.25. The van der Waals surface area contributed by atoms with Gasteiger partial charge in [-0.3, -0.25) is 0 Å². The Labute approximate surface area is 354 Å². The van der Waals surface area contributed by atoms with Crippen LogP contribution in [0, 0.1) is 0 Å². The number of benzene rings is 6. The fourth-order valence-electron chi connectivity index (χ4n) is 9.82. The Morgan fingerprint density at radius 2 is 0.869 bits per heavy atom. The molecule has 6 heterocycles. The molecule has 0 radical (unpaired) electrons. The first kappa shape index (κ1) is 34.1. The third-order valence-corrected chi connectivity index (χ3v) is 12.6. The van der Waals surface area contributed by atoms with Crippen LogP contribution in [0.15, 0.2) is 194 Å². The summed E-state index contributed by atoms with van der Waals surface area (Å²) in [6.45, 7) is 0. The average Bonchev–Trinajstić information content (AvgIpc) is 3.72. The van der Waals surface area contributed by atoms with E-state index < -0.39 is 14.2 Å². The van der Waals surface area contributed by atoms with Crippen LogP contribution in [0.25, 0.3) is 83.1 Å². The Kier molecular flexibility index (Phi) is 7.48. The molecule has 13 heteroatoms. The second-order valence-electron chi connectivity index (χ2n) is 15.8. The van der Waals surface area contributed by atoms with Crippen molar-refractivity contribution in [1.29, 1.82) is 0 Å². The average molecular weight is 780 g/mol. The summed E-state index contributed by atoms with van der Waals surface area (Å²) >= 11 is 0. The van der Waals surface area contributed by atoms with E-state index >= 15 is 0 Å². The molecular formula is C48H32B4N8O. The van der Waals surface area contributed by atoms with Crippen molar-refractivity contribution in [2.75, 3.05) is 0 Å². The highest BCUT2D eigenvalue weighted by Crippen LogP contribution is 2.49. The maximum Gasteiger partial charge on any atom is 0.502 e. The van der Waals surface area contributed by atoms with Gasteiger partial charge in [-0.1, -0.05) is 109 Å². The molecular weight excluding hydrogens is 748 g/mol. The lowest BCUT2D eigenvalue weighted by atomic mass is 9.56. The Morgan fingerprint density at radius 3 is 1.51 bits per heavy atom. The molecule has 6 aliphatic rings. The highest BCUT2D eigenvalue weighted by Gasteiger charge is 2.55. The van der Waals surface area contributed by atoms with E-state index in [-0.39, 0.29) is 14.2 Å². The second-order valence-corrected chi connectivity index (χ2v) is 15.8. The summed E-state index contributed by atoms with van der Waals surface area (Å²) in [6, 6.07) is 46.1. The van der Waals surface area contributed by atoms with E-state index in [0.717, 1.165) is 44.2 Å². The number of hydrogen-bond acceptors (Lipinski definition) is 9. The maximum atomic E-state index is 6.52. The zero-order chi connectivity index (χ0) is 40.0. The number of furan rings is 1. The van der Waals surface area contributed by atoms with Crippen molar-refractivity contribution < 1.29 is 4.42 Å². The predicted molar refractivity (Wildman–Crippen MR) is 254 cm³/mol. The zero-order valence-corrected chi connectivity index (χ0v) is 32.8. The summed E-state index contributed by atoms with van der Waals surface area (Å²) in [5.74, 6) is 0. The van der Waals surface area contributed by atoms with Gasteiger partial charge in [0.2, 0.25) is 0 Å². The van der Waals surface area contributed by atoms with Crippen LogP contribution in [0.3, 0.4) is 0 Å². The normalized spacial score (nSPS) is 16.6. The van der Waals surface area contributed by atoms with E-state index in [9.17, 15) is 0 Å². The number of fused-ring (bicyclic) bond motifs is 19. The Bertz CT molecular complexity index is 3220. The molecule has 0 saturated carbocycles. The van der Waals surface area contributed by atoms with Gasteiger partial charge in [-0.2, -0.15) is 0 Å². The first-order chi connectivity index (χ1) is 30.3. The molecule has 0 unspecified atom stereocenters. The SMILES string of the molecule is C1=CN2B(N=C1)N1C=CC=NB1N1C=C(c3ccc4c(c3)-c3ccccc3-c3ccc(-c5cccc6c5oc5ccccc56)cc3-c3ccccc3-4)C=NB1N1C=CC=NB21. The van der Waals surface area contributed by atoms with Gasteiger partial charge in [-0.15, -0.1) is 0 Å². The third-order valence-electron chi connectivity index (χ3n) is 12.6. The van der Waals surface area contributed by atoms with E-state index in [2.05, 4.69) is 153 Å². The summed E-state index contributed by atoms with van der Waals surface area (Å²) in [5.41, 5.74) is 15.5. The van der Waals surface area contributed by atoms with E-state index in [1.165, 1.54) is 44.5 Å². The van der Waals surface area contributed by atoms with Crippen LogP contribution in [0.4, 0.5) is 0 Å². The van der Waals surface area contributed by atoms with Crippen LogP contribution in [0.5, 0.6) is 0 Å². The van der Waals surface area contributed by atoms with Gasteiger partial charge in [0.25, 0.3) is 0 Å². The fraction of sp³-hybridized carbons (Fsp3) is 0. The highest BCUT2D eigenvalue weighted by molar-refractivity contribution is 6.87. The van der Waals surface area contributed by atoms with Crippen molar-refractivity contribution in [3.05, 3.63) is 176 Å². The Morgan fingerprint density at radius 1 is 0.393 bits per heavy atom. The number of para-hydroxylation sites is 2. The Hall–Kier alpha value is -7.78. The van der Waals surface area contributed by atoms with Crippen molar-refractivity contribution in [1.82, 2.24) is 18.9 Å². The van der Waals surface area contributed by atoms with E-state index in [4.69, 9.17) is 24.0 Å². The lowest BCUT2D eigenvalue weighted by Crippen LogP contribution is -2.73. The first-order valence-corrected chi connectivity index (χ1v) is 20.6. The molecule has 0 atom stereocenters. The molecule has 1 fully saturated rings. The molecule has 9 nitrogen and oxygen atoms in total. The molecule has 1 saturated heterocycles. The first-order valence-electron chi connectivity index (χ1n) is 20.6. The van der Waals surface area contributed by atoms with Crippen molar-refractivity contribution in [2.24, 2.45) is 19.6 Å². The smallest absolute Gasteiger partial charge is 0.455 e. The number of rotatable bonds is 2. The second kappa shape index (κ2) is 13.4. The van der Waals surface area contributed by atoms with Crippen LogP contribution >= 0.6 is 0 Å². The monoisotopic (exact) mass is 780 g/mol. The molecule has 0 spiro atoms. The number of allylic oxidation sites excluding steroid dienone is 4. The molecule has 1 aromatic heterocycles. The van der Waals surface area contributed by atoms with E-state index in [0.29, 0.717) is 0 Å². The fourth-order valence-corrected chi connectivity index (χ4v) is 9.82. The van der Waals surface area contributed by atoms with Crippen molar-refractivity contribution in [3.8, 4) is 55.6 Å². The van der Waals surface area contributed by atoms with Crippen LogP contribution in [0.2, 0.25) is 0 Å². The number of hydrogen-bond donors (Lipinski definition) is 0. The molecule has 1 aliphatic carbocycles. The van der Waals surface area contributed by atoms with Crippen LogP contribution in [-0.2, 0) is 0 Å². The van der Waals surface area contributed by atoms with Crippen molar-refractivity contribution in [3.63, 3.8) is 0 Å². The van der Waals surface area contributed by atoms with Crippen LogP contribution in [0.1, 0.15) is 5.56 Å². The van der Waals surface area contributed by atoms with Gasteiger partial charge in [0.15, 0.2) is 0 Å². The molecule has 61 heavy (non-hydrogen) atoms. The van der Waals surface area contributed by atoms with Crippen LogP contribution < -0.4 is 0 Å². The predicted octanol–water partition coefficient (Wildman–Crippen LogP) is 9.62. The molecule has 282 valence electrons. The molecule has 7 aromatic rings. The summed E-state index contributed by atoms with van der Waals surface area (Å²) < 4.78 is 15.2. The topological polar surface area (TPSA) is 75.5 Å². The van der Waals surface area contributed by atoms with E-state index in [1.54, 1.807) is 0 Å². The van der Waals surface area contributed by atoms with Crippen molar-refractivity contribution in [2.45, 2.75) is 0 Å². The Balaban J connectivity index is 0.948. The minimum atomic E-state index is -0.393. The van der Waals surface area contributed by atoms with Gasteiger partial charge in [-0.25, -0.2) is 0 Å². The van der Waals surface area contributed by atoms with Crippen LogP contribution in [-0.4, -0.2) is 72.2 Å². The largest absolute Gasteiger partial charge is 0.502 e. The summed E-state index contributed by atoms with van der Waals surface area (Å²) in [4.78, 5) is 20.1. The standard InChI is InChI=1S/C48H32B4N8O/c1-3-13-39-37(11-1)42-22-20-34(36-16-7-17-44-43-15-5-6-18-47(43)61-48(36)44)30-46(42)40-14-4-2-12-38(40)41-21-19-33(29-45(39)41)35-31-56-52-59-28-9-24-54-50(59)57-26-8-23-53-49(57)58-27-10-25-55-51(58)60(52)32-35/h1-32H. The van der Waals surface area contributed by atoms with Gasteiger partial charge in [0.05, 0.1) is 0 Å². The summed E-state index contributed by atoms with van der Waals surface area (Å²) in [6.07, 6.45) is 21.8. The van der Waals surface area contributed by atoms with Gasteiger partial charge >= 0.3 is 28.5 Å². The van der Waals surface area contributed by atoms with Gasteiger partial charge in [0.1, 0.15) is 11.2 Å². The molecule has 0 bridgehead atoms. The molecule has 5 aliphatic heterocycles. The number of nitrogens with zero attached hydrogens (tertiary/aromatic N) is 8. The lowest BCUT2D eigenvalue weighted by molar-refractivity contribution is 0.594. The highest BCUT2D eigenvalue weighted by atomic mass is 16.3. The van der Waals surface area contributed by atoms with Gasteiger partial charge in [-0.05, 0) is 117 Å². The molecule has 0 amide bonds. The lowest BCUT2D eigenvalue weighted by Gasteiger charge is -2.49. The van der Waals surface area contributed by atoms with Gasteiger partial charge in [0, 0.05) is 46.8 Å². The minimum absolute atomic E-state index is 0.338. The minimum Gasteiger partial charge on any atom is -0.455 e. The molecule has 6 aromatic carbocycles. The molecule has 13 rings (SSSR count). The van der Waals surface area contributed by atoms with Crippen molar-refractivity contribution >= 4 is 80.8 Å². The zero-order valence-electron chi connectivity index (χ0n) is 32.8. The molecule has 0 N–H and O–H groups in total. The summed E-state index contributed by atoms with van der Waals surface area (Å²) in [7, 11) is -1.46. The van der Waals surface area contributed by atoms with E-state index in [1.807, 2.05) is 61.4 Å².